The average molecular weight is 418 g/mol. The fourth-order valence-corrected chi connectivity index (χ4v) is 2.88. The third-order valence-corrected chi connectivity index (χ3v) is 4.49. The molecule has 0 fully saturated rings. The average Bonchev–Trinajstić information content (AvgIpc) is 2.69. The second-order valence-corrected chi connectivity index (χ2v) is 8.22. The molecule has 0 radical (unpaired) electrons. The van der Waals surface area contributed by atoms with Gasteiger partial charge in [0.05, 0.1) is 6.42 Å². The molecule has 3 aromatic rings. The first-order chi connectivity index (χ1) is 14.7. The van der Waals surface area contributed by atoms with Crippen molar-refractivity contribution in [3.05, 3.63) is 72.1 Å². The normalized spacial score (nSPS) is 11.0. The largest absolute Gasteiger partial charge is 0.439 e. The molecule has 0 atom stereocenters. The summed E-state index contributed by atoms with van der Waals surface area (Å²) in [6.45, 7) is 7.88. The topological polar surface area (TPSA) is 93.2 Å². The van der Waals surface area contributed by atoms with E-state index >= 15 is 0 Å². The summed E-state index contributed by atoms with van der Waals surface area (Å²) in [7, 11) is 0. The number of ether oxygens (including phenoxy) is 1. The zero-order valence-corrected chi connectivity index (χ0v) is 18.1. The molecule has 0 aliphatic rings. The van der Waals surface area contributed by atoms with Crippen LogP contribution >= 0.6 is 0 Å². The summed E-state index contributed by atoms with van der Waals surface area (Å²) in [5.41, 5.74) is 2.96. The lowest BCUT2D eigenvalue weighted by molar-refractivity contribution is -0.116. The Morgan fingerprint density at radius 3 is 2.23 bits per heavy atom. The number of benzene rings is 2. The van der Waals surface area contributed by atoms with Crippen LogP contribution in [0, 0.1) is 0 Å². The van der Waals surface area contributed by atoms with Crippen molar-refractivity contribution >= 4 is 23.3 Å². The van der Waals surface area contributed by atoms with Crippen molar-refractivity contribution in [3.8, 4) is 11.6 Å². The highest BCUT2D eigenvalue weighted by Crippen LogP contribution is 2.24. The second-order valence-electron chi connectivity index (χ2n) is 8.22. The molecule has 0 aliphatic heterocycles. The van der Waals surface area contributed by atoms with Crippen molar-refractivity contribution in [2.45, 2.75) is 39.5 Å². The Balaban J connectivity index is 1.56. The van der Waals surface area contributed by atoms with Gasteiger partial charge >= 0.3 is 0 Å². The lowest BCUT2D eigenvalue weighted by Gasteiger charge is -2.19. The van der Waals surface area contributed by atoms with Gasteiger partial charge in [0.2, 0.25) is 17.7 Å². The molecule has 2 N–H and O–H groups in total. The van der Waals surface area contributed by atoms with E-state index in [2.05, 4.69) is 53.5 Å². The van der Waals surface area contributed by atoms with Crippen LogP contribution < -0.4 is 15.4 Å². The maximum absolute atomic E-state index is 12.4. The molecule has 1 heterocycles. The van der Waals surface area contributed by atoms with Gasteiger partial charge in [-0.15, -0.1) is 0 Å². The molecule has 0 aliphatic carbocycles. The fourth-order valence-electron chi connectivity index (χ4n) is 2.88. The number of nitrogens with zero attached hydrogens (tertiary/aromatic N) is 2. The van der Waals surface area contributed by atoms with Crippen LogP contribution in [0.3, 0.4) is 0 Å². The van der Waals surface area contributed by atoms with Crippen LogP contribution in [0.2, 0.25) is 0 Å². The minimum absolute atomic E-state index is 0.0852. The van der Waals surface area contributed by atoms with E-state index in [1.807, 2.05) is 12.1 Å². The van der Waals surface area contributed by atoms with E-state index in [1.54, 1.807) is 24.3 Å². The van der Waals surface area contributed by atoms with Crippen molar-refractivity contribution in [1.29, 1.82) is 0 Å². The number of carbonyl (C=O) groups excluding carboxylic acids is 2. The number of hydrogen-bond donors (Lipinski definition) is 2. The Kier molecular flexibility index (Phi) is 6.65. The molecule has 0 bridgehead atoms. The van der Waals surface area contributed by atoms with Gasteiger partial charge in [-0.1, -0.05) is 45.0 Å². The quantitative estimate of drug-likeness (QED) is 0.605. The molecule has 160 valence electrons. The highest BCUT2D eigenvalue weighted by atomic mass is 16.5. The summed E-state index contributed by atoms with van der Waals surface area (Å²) in [5.74, 6) is 0.886. The number of nitrogens with one attached hydrogen (secondary N) is 2. The Hall–Kier alpha value is -3.74. The Morgan fingerprint density at radius 2 is 1.61 bits per heavy atom. The molecule has 0 saturated heterocycles. The van der Waals surface area contributed by atoms with Gasteiger partial charge in [0.25, 0.3) is 0 Å². The van der Waals surface area contributed by atoms with Crippen molar-refractivity contribution in [2.75, 3.05) is 10.6 Å². The summed E-state index contributed by atoms with van der Waals surface area (Å²) in [5, 5.41) is 5.46. The van der Waals surface area contributed by atoms with Crippen molar-refractivity contribution in [2.24, 2.45) is 0 Å². The summed E-state index contributed by atoms with van der Waals surface area (Å²) < 4.78 is 5.68. The molecular formula is C24H26N4O3. The summed E-state index contributed by atoms with van der Waals surface area (Å²) in [4.78, 5) is 31.5. The zero-order chi connectivity index (χ0) is 22.4. The minimum Gasteiger partial charge on any atom is -0.439 e. The molecule has 7 nitrogen and oxygen atoms in total. The van der Waals surface area contributed by atoms with Crippen LogP contribution in [-0.2, 0) is 21.4 Å². The molecule has 0 saturated carbocycles. The van der Waals surface area contributed by atoms with Crippen LogP contribution in [0.1, 0.15) is 38.8 Å². The van der Waals surface area contributed by atoms with Crippen molar-refractivity contribution in [1.82, 2.24) is 9.97 Å². The predicted molar refractivity (Wildman–Crippen MR) is 120 cm³/mol. The highest BCUT2D eigenvalue weighted by Gasteiger charge is 2.13. The zero-order valence-electron chi connectivity index (χ0n) is 18.1. The highest BCUT2D eigenvalue weighted by molar-refractivity contribution is 5.92. The Morgan fingerprint density at radius 1 is 0.935 bits per heavy atom. The van der Waals surface area contributed by atoms with Gasteiger partial charge in [0, 0.05) is 18.7 Å². The molecule has 0 spiro atoms. The first-order valence-electron chi connectivity index (χ1n) is 9.96. The van der Waals surface area contributed by atoms with E-state index in [9.17, 15) is 9.59 Å². The van der Waals surface area contributed by atoms with Gasteiger partial charge in [0.15, 0.2) is 0 Å². The number of aromatic nitrogens is 2. The monoisotopic (exact) mass is 418 g/mol. The molecule has 2 aromatic carbocycles. The van der Waals surface area contributed by atoms with Crippen LogP contribution in [0.4, 0.5) is 11.5 Å². The molecule has 2 amide bonds. The number of anilines is 2. The van der Waals surface area contributed by atoms with E-state index in [0.29, 0.717) is 29.6 Å². The standard InChI is InChI=1S/C24H26N4O3/c1-16(29)27-21-14-23(26-15-25-21)31-20-11-9-19(10-12-20)28-22(30)13-17-5-7-18(8-6-17)24(2,3)4/h5-12,14-15H,13H2,1-4H3,(H,28,30)(H,25,26,27,29). The molecule has 3 rings (SSSR count). The van der Waals surface area contributed by atoms with Crippen molar-refractivity contribution < 1.29 is 14.3 Å². The van der Waals surface area contributed by atoms with E-state index in [1.165, 1.54) is 24.9 Å². The molecule has 7 heteroatoms. The van der Waals surface area contributed by atoms with E-state index < -0.39 is 0 Å². The second kappa shape index (κ2) is 9.38. The first kappa shape index (κ1) is 22.0. The van der Waals surface area contributed by atoms with Gasteiger partial charge < -0.3 is 15.4 Å². The van der Waals surface area contributed by atoms with Crippen LogP contribution in [0.5, 0.6) is 11.6 Å². The molecule has 1 aromatic heterocycles. The number of amides is 2. The van der Waals surface area contributed by atoms with Gasteiger partial charge in [-0.2, -0.15) is 0 Å². The van der Waals surface area contributed by atoms with Gasteiger partial charge in [-0.25, -0.2) is 9.97 Å². The van der Waals surface area contributed by atoms with E-state index in [0.717, 1.165) is 5.56 Å². The molecule has 0 unspecified atom stereocenters. The number of hydrogen-bond acceptors (Lipinski definition) is 5. The van der Waals surface area contributed by atoms with E-state index in [-0.39, 0.29) is 17.2 Å². The van der Waals surface area contributed by atoms with Crippen LogP contribution in [0.15, 0.2) is 60.9 Å². The molecular weight excluding hydrogens is 392 g/mol. The Labute approximate surface area is 181 Å². The summed E-state index contributed by atoms with van der Waals surface area (Å²) >= 11 is 0. The lowest BCUT2D eigenvalue weighted by Crippen LogP contribution is -2.15. The summed E-state index contributed by atoms with van der Waals surface area (Å²) in [6.07, 6.45) is 1.61. The van der Waals surface area contributed by atoms with Gasteiger partial charge in [0.1, 0.15) is 17.9 Å². The van der Waals surface area contributed by atoms with E-state index in [4.69, 9.17) is 4.74 Å². The maximum Gasteiger partial charge on any atom is 0.228 e. The lowest BCUT2D eigenvalue weighted by atomic mass is 9.86. The third kappa shape index (κ3) is 6.64. The predicted octanol–water partition coefficient (Wildman–Crippen LogP) is 4.71. The SMILES string of the molecule is CC(=O)Nc1cc(Oc2ccc(NC(=O)Cc3ccc(C(C)(C)C)cc3)cc2)ncn1. The van der Waals surface area contributed by atoms with Gasteiger partial charge in [-0.3, -0.25) is 9.59 Å². The smallest absolute Gasteiger partial charge is 0.228 e. The Bertz CT molecular complexity index is 1060. The van der Waals surface area contributed by atoms with Crippen molar-refractivity contribution in [3.63, 3.8) is 0 Å². The number of carbonyl (C=O) groups is 2. The summed E-state index contributed by atoms with van der Waals surface area (Å²) in [6, 6.07) is 16.6. The number of rotatable bonds is 6. The maximum atomic E-state index is 12.4. The first-order valence-corrected chi connectivity index (χ1v) is 9.96. The molecule has 31 heavy (non-hydrogen) atoms. The van der Waals surface area contributed by atoms with Crippen LogP contribution in [0.25, 0.3) is 0 Å². The third-order valence-electron chi connectivity index (χ3n) is 4.49. The fraction of sp³-hybridized carbons (Fsp3) is 0.250. The minimum atomic E-state index is -0.227. The van der Waals surface area contributed by atoms with Crippen LogP contribution in [-0.4, -0.2) is 21.8 Å². The van der Waals surface area contributed by atoms with Gasteiger partial charge in [-0.05, 0) is 40.8 Å².